The predicted octanol–water partition coefficient (Wildman–Crippen LogP) is 4.03. The number of hydrogen-bond donors (Lipinski definition) is 3. The van der Waals surface area contributed by atoms with Gasteiger partial charge in [0.1, 0.15) is 6.54 Å². The number of benzene rings is 1. The van der Waals surface area contributed by atoms with E-state index in [0.29, 0.717) is 29.6 Å². The standard InChI is InChI=1S/C36H54N6O5S/c1-23(25-15-11-8-12-16-25)42(21-31(44)40(4)5)30(43)19-26(18-27-22-48-35(37)38-27)33(46)39-29(17-24-13-9-7-10-14-24)32(45)28-20-36(2,3)41(6)34(28)47/h8,11-12,15-16,22-24,26,28-29,32,45H,7,9-10,13-14,17-21H2,1-6H3,(H2,37,38)(H,39,46)/t23-,26+,28-,29-,32-/m0/s1. The van der Waals surface area contributed by atoms with Gasteiger partial charge in [0, 0.05) is 44.9 Å². The summed E-state index contributed by atoms with van der Waals surface area (Å²) in [5.74, 6) is -2.27. The van der Waals surface area contributed by atoms with Gasteiger partial charge < -0.3 is 30.9 Å². The van der Waals surface area contributed by atoms with Crippen LogP contribution in [0, 0.1) is 17.8 Å². The number of nitrogens with two attached hydrogens (primary N) is 1. The van der Waals surface area contributed by atoms with E-state index in [1.54, 1.807) is 31.4 Å². The van der Waals surface area contributed by atoms with Gasteiger partial charge in [0.25, 0.3) is 0 Å². The first kappa shape index (κ1) is 37.3. The molecule has 1 saturated carbocycles. The molecule has 0 unspecified atom stereocenters. The molecular weight excluding hydrogens is 628 g/mol. The number of hydrogen-bond acceptors (Lipinski definition) is 8. The molecule has 0 spiro atoms. The first-order valence-electron chi connectivity index (χ1n) is 17.2. The normalized spacial score (nSPS) is 20.5. The third-order valence-electron chi connectivity index (χ3n) is 10.4. The zero-order chi connectivity index (χ0) is 35.2. The molecule has 12 heteroatoms. The molecule has 48 heavy (non-hydrogen) atoms. The van der Waals surface area contributed by atoms with Crippen molar-refractivity contribution in [3.05, 3.63) is 47.0 Å². The number of likely N-dealkylation sites (tertiary alicyclic amines) is 1. The van der Waals surface area contributed by atoms with Crippen LogP contribution in [0.4, 0.5) is 5.13 Å². The van der Waals surface area contributed by atoms with Gasteiger partial charge in [-0.05, 0) is 45.1 Å². The molecule has 5 atom stereocenters. The number of likely N-dealkylation sites (N-methyl/N-ethyl adjacent to an activating group) is 1. The molecular formula is C36H54N6O5S. The van der Waals surface area contributed by atoms with Crippen molar-refractivity contribution in [1.29, 1.82) is 0 Å². The number of carbonyl (C=O) groups excluding carboxylic acids is 4. The van der Waals surface area contributed by atoms with E-state index in [1.165, 1.54) is 27.6 Å². The molecule has 2 fully saturated rings. The average Bonchev–Trinajstić information content (AvgIpc) is 3.57. The first-order valence-corrected chi connectivity index (χ1v) is 18.1. The van der Waals surface area contributed by atoms with E-state index in [1.807, 2.05) is 51.1 Å². The van der Waals surface area contributed by atoms with Crippen molar-refractivity contribution in [1.82, 2.24) is 25.0 Å². The molecule has 2 aromatic rings. The fraction of sp³-hybridized carbons (Fsp3) is 0.639. The van der Waals surface area contributed by atoms with Crippen LogP contribution in [-0.4, -0.2) is 93.8 Å². The summed E-state index contributed by atoms with van der Waals surface area (Å²) in [5, 5.41) is 17.1. The van der Waals surface area contributed by atoms with Crippen molar-refractivity contribution in [2.45, 2.75) is 102 Å². The Morgan fingerprint density at radius 3 is 2.35 bits per heavy atom. The number of nitrogens with zero attached hydrogens (tertiary/aromatic N) is 4. The predicted molar refractivity (Wildman–Crippen MR) is 188 cm³/mol. The largest absolute Gasteiger partial charge is 0.390 e. The second kappa shape index (κ2) is 16.3. The van der Waals surface area contributed by atoms with Crippen molar-refractivity contribution in [2.75, 3.05) is 33.4 Å². The van der Waals surface area contributed by atoms with Crippen LogP contribution in [0.15, 0.2) is 35.7 Å². The Bertz CT molecular complexity index is 1410. The molecule has 0 bridgehead atoms. The number of anilines is 1. The number of rotatable bonds is 14. The Morgan fingerprint density at radius 1 is 1.12 bits per heavy atom. The average molecular weight is 683 g/mol. The third kappa shape index (κ3) is 9.34. The Morgan fingerprint density at radius 2 is 1.79 bits per heavy atom. The lowest BCUT2D eigenvalue weighted by Crippen LogP contribution is -2.51. The summed E-state index contributed by atoms with van der Waals surface area (Å²) in [7, 11) is 5.05. The van der Waals surface area contributed by atoms with Crippen LogP contribution in [0.3, 0.4) is 0 Å². The maximum atomic E-state index is 14.3. The van der Waals surface area contributed by atoms with Crippen molar-refractivity contribution in [2.24, 2.45) is 17.8 Å². The summed E-state index contributed by atoms with van der Waals surface area (Å²) in [6, 6.07) is 8.40. The topological polar surface area (TPSA) is 149 Å². The summed E-state index contributed by atoms with van der Waals surface area (Å²) in [4.78, 5) is 63.7. The lowest BCUT2D eigenvalue weighted by atomic mass is 9.80. The van der Waals surface area contributed by atoms with Gasteiger partial charge in [0.05, 0.1) is 35.7 Å². The van der Waals surface area contributed by atoms with Crippen LogP contribution in [0.1, 0.15) is 89.4 Å². The highest BCUT2D eigenvalue weighted by Crippen LogP contribution is 2.37. The van der Waals surface area contributed by atoms with E-state index in [9.17, 15) is 24.3 Å². The smallest absolute Gasteiger partial charge is 0.241 e. The molecule has 1 aliphatic heterocycles. The maximum Gasteiger partial charge on any atom is 0.241 e. The number of carbonyl (C=O) groups is 4. The maximum absolute atomic E-state index is 14.3. The molecule has 4 amide bonds. The van der Waals surface area contributed by atoms with E-state index in [-0.39, 0.29) is 43.0 Å². The zero-order valence-corrected chi connectivity index (χ0v) is 30.2. The highest BCUT2D eigenvalue weighted by Gasteiger charge is 2.48. The van der Waals surface area contributed by atoms with E-state index in [0.717, 1.165) is 31.2 Å². The van der Waals surface area contributed by atoms with E-state index in [2.05, 4.69) is 10.3 Å². The molecule has 1 saturated heterocycles. The molecule has 4 N–H and O–H groups in total. The number of nitrogens with one attached hydrogen (secondary N) is 1. The van der Waals surface area contributed by atoms with Crippen LogP contribution in [-0.2, 0) is 25.6 Å². The Hall–Kier alpha value is -3.51. The lowest BCUT2D eigenvalue weighted by Gasteiger charge is -2.34. The fourth-order valence-corrected chi connectivity index (χ4v) is 7.69. The van der Waals surface area contributed by atoms with Crippen molar-refractivity contribution in [3.63, 3.8) is 0 Å². The third-order valence-corrected chi connectivity index (χ3v) is 11.2. The monoisotopic (exact) mass is 682 g/mol. The van der Waals surface area contributed by atoms with Gasteiger partial charge in [-0.1, -0.05) is 62.4 Å². The van der Waals surface area contributed by atoms with Crippen LogP contribution in [0.25, 0.3) is 0 Å². The number of amides is 4. The molecule has 4 rings (SSSR count). The molecule has 0 radical (unpaired) electrons. The molecule has 11 nitrogen and oxygen atoms in total. The zero-order valence-electron chi connectivity index (χ0n) is 29.4. The van der Waals surface area contributed by atoms with Crippen LogP contribution >= 0.6 is 11.3 Å². The molecule has 1 aromatic heterocycles. The minimum Gasteiger partial charge on any atom is -0.390 e. The number of aliphatic hydroxyl groups is 1. The summed E-state index contributed by atoms with van der Waals surface area (Å²) >= 11 is 1.26. The molecule has 264 valence electrons. The van der Waals surface area contributed by atoms with Gasteiger partial charge in [0.15, 0.2) is 5.13 Å². The highest BCUT2D eigenvalue weighted by molar-refractivity contribution is 7.13. The minimum absolute atomic E-state index is 0.129. The van der Waals surface area contributed by atoms with Gasteiger partial charge in [-0.2, -0.15) is 0 Å². The summed E-state index contributed by atoms with van der Waals surface area (Å²) in [6.45, 7) is 5.70. The van der Waals surface area contributed by atoms with Crippen LogP contribution in [0.2, 0.25) is 0 Å². The molecule has 2 heterocycles. The number of aromatic nitrogens is 1. The Kier molecular flexibility index (Phi) is 12.6. The lowest BCUT2D eigenvalue weighted by molar-refractivity contribution is -0.143. The SMILES string of the molecule is C[C@@H](c1ccccc1)N(CC(=O)N(C)C)C(=O)C[C@@H](Cc1csc(N)n1)C(=O)N[C@@H](CC1CCCCC1)[C@@H](O)[C@@H]1CC(C)(C)N(C)C1=O. The van der Waals surface area contributed by atoms with Crippen molar-refractivity contribution >= 4 is 40.1 Å². The molecule has 1 aromatic carbocycles. The summed E-state index contributed by atoms with van der Waals surface area (Å²) in [5.41, 5.74) is 6.98. The quantitative estimate of drug-likeness (QED) is 0.273. The van der Waals surface area contributed by atoms with Gasteiger partial charge in [-0.15, -0.1) is 11.3 Å². The van der Waals surface area contributed by atoms with E-state index < -0.39 is 35.6 Å². The Balaban J connectivity index is 1.62. The number of thiazole rings is 1. The number of aliphatic hydroxyl groups excluding tert-OH is 1. The summed E-state index contributed by atoms with van der Waals surface area (Å²) in [6.07, 6.45) is 5.33. The minimum atomic E-state index is -1.08. The van der Waals surface area contributed by atoms with Crippen molar-refractivity contribution < 1.29 is 24.3 Å². The summed E-state index contributed by atoms with van der Waals surface area (Å²) < 4.78 is 0. The highest BCUT2D eigenvalue weighted by atomic mass is 32.1. The van der Waals surface area contributed by atoms with E-state index in [4.69, 9.17) is 5.73 Å². The van der Waals surface area contributed by atoms with Gasteiger partial charge in [-0.3, -0.25) is 19.2 Å². The molecule has 2 aliphatic rings. The molecule has 1 aliphatic carbocycles. The van der Waals surface area contributed by atoms with Gasteiger partial charge in [0.2, 0.25) is 23.6 Å². The number of nitrogen functional groups attached to an aromatic ring is 1. The van der Waals surface area contributed by atoms with Crippen LogP contribution in [0.5, 0.6) is 0 Å². The second-order valence-electron chi connectivity index (χ2n) is 14.5. The Labute approximate surface area is 289 Å². The van der Waals surface area contributed by atoms with E-state index >= 15 is 0 Å². The van der Waals surface area contributed by atoms with Gasteiger partial charge >= 0.3 is 0 Å². The fourth-order valence-electron chi connectivity index (χ4n) is 7.12. The first-order chi connectivity index (χ1) is 22.7. The van der Waals surface area contributed by atoms with Gasteiger partial charge in [-0.25, -0.2) is 4.98 Å². The van der Waals surface area contributed by atoms with Crippen LogP contribution < -0.4 is 11.1 Å². The second-order valence-corrected chi connectivity index (χ2v) is 15.4. The van der Waals surface area contributed by atoms with Crippen molar-refractivity contribution in [3.8, 4) is 0 Å².